The van der Waals surface area contributed by atoms with Gasteiger partial charge in [-0.1, -0.05) is 0 Å². The molecule has 4 heteroatoms. The lowest BCUT2D eigenvalue weighted by molar-refractivity contribution is 0.103. The molecule has 1 unspecified atom stereocenters. The molecular weight excluding hydrogens is 285 g/mol. The van der Waals surface area contributed by atoms with E-state index in [-0.39, 0.29) is 5.82 Å². The van der Waals surface area contributed by atoms with Crippen LogP contribution in [0.15, 0.2) is 22.7 Å². The molecule has 0 bridgehead atoms. The molecule has 1 aromatic rings. The van der Waals surface area contributed by atoms with Gasteiger partial charge in [0.05, 0.1) is 11.8 Å². The van der Waals surface area contributed by atoms with E-state index in [9.17, 15) is 4.39 Å². The Morgan fingerprint density at radius 1 is 1.47 bits per heavy atom. The number of nitrogens with one attached hydrogen (secondary N) is 1. The molecule has 0 saturated carbocycles. The van der Waals surface area contributed by atoms with Crippen molar-refractivity contribution in [2.24, 2.45) is 0 Å². The van der Waals surface area contributed by atoms with Gasteiger partial charge in [0.15, 0.2) is 0 Å². The lowest BCUT2D eigenvalue weighted by Crippen LogP contribution is -2.09. The van der Waals surface area contributed by atoms with E-state index in [4.69, 9.17) is 4.74 Å². The number of hydrogen-bond donors (Lipinski definition) is 1. The molecule has 17 heavy (non-hydrogen) atoms. The van der Waals surface area contributed by atoms with Crippen LogP contribution < -0.4 is 5.32 Å². The molecule has 2 rings (SSSR count). The largest absolute Gasteiger partial charge is 0.384 e. The van der Waals surface area contributed by atoms with Crippen molar-refractivity contribution in [2.75, 3.05) is 18.5 Å². The summed E-state index contributed by atoms with van der Waals surface area (Å²) in [7, 11) is 0. The average molecular weight is 302 g/mol. The third-order valence-electron chi connectivity index (χ3n) is 2.97. The Balaban J connectivity index is 1.72. The van der Waals surface area contributed by atoms with E-state index in [1.165, 1.54) is 25.0 Å². The predicted octanol–water partition coefficient (Wildman–Crippen LogP) is 3.96. The summed E-state index contributed by atoms with van der Waals surface area (Å²) in [5.74, 6) is -0.213. The van der Waals surface area contributed by atoms with Crippen LogP contribution in [0.2, 0.25) is 0 Å². The second-order valence-electron chi connectivity index (χ2n) is 4.33. The Kier molecular flexibility index (Phi) is 4.80. The normalized spacial score (nSPS) is 19.5. The van der Waals surface area contributed by atoms with Crippen LogP contribution in [-0.4, -0.2) is 19.3 Å². The van der Waals surface area contributed by atoms with Crippen LogP contribution in [0.25, 0.3) is 0 Å². The van der Waals surface area contributed by atoms with Crippen molar-refractivity contribution in [3.63, 3.8) is 0 Å². The number of ether oxygens (including phenoxy) is 1. The van der Waals surface area contributed by atoms with Crippen LogP contribution in [0.1, 0.15) is 25.7 Å². The van der Waals surface area contributed by atoms with Gasteiger partial charge in [0, 0.05) is 17.6 Å². The Morgan fingerprint density at radius 2 is 2.35 bits per heavy atom. The van der Waals surface area contributed by atoms with Crippen LogP contribution in [-0.2, 0) is 4.74 Å². The van der Waals surface area contributed by atoms with Crippen molar-refractivity contribution < 1.29 is 9.13 Å². The minimum atomic E-state index is -0.213. The summed E-state index contributed by atoms with van der Waals surface area (Å²) in [6.07, 6.45) is 4.94. The molecular formula is C13H17BrFNO. The van der Waals surface area contributed by atoms with Crippen LogP contribution in [0, 0.1) is 5.82 Å². The van der Waals surface area contributed by atoms with E-state index in [0.717, 1.165) is 36.2 Å². The third kappa shape index (κ3) is 3.96. The molecule has 1 fully saturated rings. The maximum atomic E-state index is 13.0. The number of halogens is 2. The minimum Gasteiger partial charge on any atom is -0.384 e. The second-order valence-corrected chi connectivity index (χ2v) is 5.18. The van der Waals surface area contributed by atoms with Crippen LogP contribution in [0.4, 0.5) is 10.1 Å². The molecule has 1 aliphatic heterocycles. The zero-order valence-corrected chi connectivity index (χ0v) is 11.3. The van der Waals surface area contributed by atoms with Gasteiger partial charge in [-0.3, -0.25) is 0 Å². The molecule has 0 amide bonds. The topological polar surface area (TPSA) is 21.3 Å². The van der Waals surface area contributed by atoms with E-state index in [1.807, 2.05) is 0 Å². The van der Waals surface area contributed by atoms with Crippen molar-refractivity contribution in [2.45, 2.75) is 31.8 Å². The summed E-state index contributed by atoms with van der Waals surface area (Å²) in [5, 5.41) is 3.24. The summed E-state index contributed by atoms with van der Waals surface area (Å²) >= 11 is 3.39. The first kappa shape index (κ1) is 12.8. The Bertz CT molecular complexity index is 366. The molecule has 1 aromatic carbocycles. The number of benzene rings is 1. The zero-order valence-electron chi connectivity index (χ0n) is 9.72. The second kappa shape index (κ2) is 6.36. The molecule has 0 aromatic heterocycles. The highest BCUT2D eigenvalue weighted by molar-refractivity contribution is 9.10. The zero-order chi connectivity index (χ0) is 12.1. The minimum absolute atomic E-state index is 0.213. The summed E-state index contributed by atoms with van der Waals surface area (Å²) in [5.41, 5.74) is 0.817. The van der Waals surface area contributed by atoms with E-state index in [2.05, 4.69) is 21.2 Å². The van der Waals surface area contributed by atoms with Crippen molar-refractivity contribution in [1.82, 2.24) is 0 Å². The molecule has 1 atom stereocenters. The van der Waals surface area contributed by atoms with Gasteiger partial charge >= 0.3 is 0 Å². The highest BCUT2D eigenvalue weighted by Crippen LogP contribution is 2.23. The smallest absolute Gasteiger partial charge is 0.125 e. The Hall–Kier alpha value is -0.610. The first-order chi connectivity index (χ1) is 8.25. The molecule has 0 radical (unpaired) electrons. The molecule has 1 N–H and O–H groups in total. The highest BCUT2D eigenvalue weighted by atomic mass is 79.9. The summed E-state index contributed by atoms with van der Waals surface area (Å²) in [4.78, 5) is 0. The lowest BCUT2D eigenvalue weighted by atomic mass is 10.1. The van der Waals surface area contributed by atoms with Crippen molar-refractivity contribution in [1.29, 1.82) is 0 Å². The first-order valence-corrected chi connectivity index (χ1v) is 6.85. The van der Waals surface area contributed by atoms with Crippen LogP contribution >= 0.6 is 15.9 Å². The van der Waals surface area contributed by atoms with E-state index in [0.29, 0.717) is 6.10 Å². The van der Waals surface area contributed by atoms with Crippen LogP contribution in [0.5, 0.6) is 0 Å². The Morgan fingerprint density at radius 3 is 3.12 bits per heavy atom. The SMILES string of the molecule is Fc1ccc(Br)c(NCCCC2CCCO2)c1. The molecule has 1 saturated heterocycles. The summed E-state index contributed by atoms with van der Waals surface area (Å²) < 4.78 is 19.5. The number of hydrogen-bond acceptors (Lipinski definition) is 2. The van der Waals surface area contributed by atoms with Crippen molar-refractivity contribution >= 4 is 21.6 Å². The van der Waals surface area contributed by atoms with Gasteiger partial charge in [-0.05, 0) is 59.8 Å². The van der Waals surface area contributed by atoms with Gasteiger partial charge in [0.25, 0.3) is 0 Å². The van der Waals surface area contributed by atoms with E-state index < -0.39 is 0 Å². The fourth-order valence-electron chi connectivity index (χ4n) is 2.06. The summed E-state index contributed by atoms with van der Waals surface area (Å²) in [6.45, 7) is 1.76. The molecule has 1 aliphatic rings. The van der Waals surface area contributed by atoms with Crippen LogP contribution in [0.3, 0.4) is 0 Å². The van der Waals surface area contributed by atoms with Crippen molar-refractivity contribution in [3.8, 4) is 0 Å². The van der Waals surface area contributed by atoms with Gasteiger partial charge < -0.3 is 10.1 Å². The maximum absolute atomic E-state index is 13.0. The van der Waals surface area contributed by atoms with E-state index >= 15 is 0 Å². The first-order valence-electron chi connectivity index (χ1n) is 6.06. The van der Waals surface area contributed by atoms with Gasteiger partial charge in [-0.15, -0.1) is 0 Å². The molecule has 1 heterocycles. The van der Waals surface area contributed by atoms with Gasteiger partial charge in [0.2, 0.25) is 0 Å². The predicted molar refractivity (Wildman–Crippen MR) is 70.8 cm³/mol. The van der Waals surface area contributed by atoms with Gasteiger partial charge in [-0.2, -0.15) is 0 Å². The fraction of sp³-hybridized carbons (Fsp3) is 0.538. The number of rotatable bonds is 5. The van der Waals surface area contributed by atoms with Crippen molar-refractivity contribution in [3.05, 3.63) is 28.5 Å². The molecule has 0 aliphatic carbocycles. The van der Waals surface area contributed by atoms with E-state index in [1.54, 1.807) is 6.07 Å². The van der Waals surface area contributed by atoms with Gasteiger partial charge in [0.1, 0.15) is 5.82 Å². The Labute approximate surface area is 110 Å². The standard InChI is InChI=1S/C13H17BrFNO/c14-12-6-5-10(15)9-13(12)16-7-1-3-11-4-2-8-17-11/h5-6,9,11,16H,1-4,7-8H2. The maximum Gasteiger partial charge on any atom is 0.125 e. The van der Waals surface area contributed by atoms with Gasteiger partial charge in [-0.25, -0.2) is 4.39 Å². The molecule has 0 spiro atoms. The number of anilines is 1. The summed E-state index contributed by atoms with van der Waals surface area (Å²) in [6, 6.07) is 4.68. The highest BCUT2D eigenvalue weighted by Gasteiger charge is 2.14. The fourth-order valence-corrected chi connectivity index (χ4v) is 2.44. The quantitative estimate of drug-likeness (QED) is 0.831. The monoisotopic (exact) mass is 301 g/mol. The third-order valence-corrected chi connectivity index (χ3v) is 3.66. The molecule has 94 valence electrons. The average Bonchev–Trinajstić information content (AvgIpc) is 2.82. The lowest BCUT2D eigenvalue weighted by Gasteiger charge is -2.11. The molecule has 2 nitrogen and oxygen atoms in total.